The first-order valence-corrected chi connectivity index (χ1v) is 5.61. The molecule has 1 aromatic carbocycles. The molecule has 1 aromatic rings. The molecular formula is C12H17Cl2F2NO. The van der Waals surface area contributed by atoms with E-state index in [1.165, 1.54) is 0 Å². The minimum absolute atomic E-state index is 0. The summed E-state index contributed by atoms with van der Waals surface area (Å²) in [6.45, 7) is 5.20. The lowest BCUT2D eigenvalue weighted by molar-refractivity contribution is 0.0381. The van der Waals surface area contributed by atoms with Gasteiger partial charge in [-0.3, -0.25) is 0 Å². The van der Waals surface area contributed by atoms with Crippen LogP contribution in [-0.4, -0.2) is 11.2 Å². The first-order chi connectivity index (χ1) is 7.66. The summed E-state index contributed by atoms with van der Waals surface area (Å²) < 4.78 is 27.2. The second kappa shape index (κ2) is 6.15. The van der Waals surface area contributed by atoms with Crippen LogP contribution in [-0.2, 0) is 0 Å². The monoisotopic (exact) mass is 299 g/mol. The molecule has 0 bridgehead atoms. The quantitative estimate of drug-likeness (QED) is 0.822. The molecule has 0 aromatic heterocycles. The van der Waals surface area contributed by atoms with E-state index in [0.29, 0.717) is 0 Å². The molecule has 0 saturated carbocycles. The van der Waals surface area contributed by atoms with Crippen LogP contribution in [0.2, 0.25) is 5.02 Å². The van der Waals surface area contributed by atoms with E-state index in [1.807, 2.05) is 0 Å². The summed E-state index contributed by atoms with van der Waals surface area (Å²) in [5.41, 5.74) is 4.75. The highest BCUT2D eigenvalue weighted by molar-refractivity contribution is 6.30. The molecule has 2 nitrogen and oxygen atoms in total. The van der Waals surface area contributed by atoms with Crippen LogP contribution in [0.25, 0.3) is 0 Å². The van der Waals surface area contributed by atoms with E-state index in [-0.39, 0.29) is 23.0 Å². The van der Waals surface area contributed by atoms with Gasteiger partial charge in [0.05, 0.1) is 17.2 Å². The standard InChI is InChI=1S/C12H16ClF2NO.ClH/c1-12(2,3)11(17)10(16)8-7(14)5-4-6(13)9(8)15;/h4-5,10-11,17H,16H2,1-3H3;1H/t10-,11-;/m1./s1. The molecule has 2 atom stereocenters. The van der Waals surface area contributed by atoms with Crippen LogP contribution >= 0.6 is 24.0 Å². The molecule has 6 heteroatoms. The SMILES string of the molecule is CC(C)(C)[C@H](O)[C@H](N)c1c(F)ccc(Cl)c1F.Cl. The van der Waals surface area contributed by atoms with Gasteiger partial charge in [0, 0.05) is 5.56 Å². The lowest BCUT2D eigenvalue weighted by Gasteiger charge is -2.31. The van der Waals surface area contributed by atoms with E-state index < -0.39 is 29.2 Å². The van der Waals surface area contributed by atoms with Gasteiger partial charge in [0.2, 0.25) is 0 Å². The number of hydrogen-bond donors (Lipinski definition) is 2. The molecule has 0 amide bonds. The Morgan fingerprint density at radius 2 is 1.78 bits per heavy atom. The number of nitrogens with two attached hydrogens (primary N) is 1. The van der Waals surface area contributed by atoms with Crippen molar-refractivity contribution < 1.29 is 13.9 Å². The molecule has 0 aliphatic carbocycles. The summed E-state index contributed by atoms with van der Waals surface area (Å²) in [7, 11) is 0. The van der Waals surface area contributed by atoms with E-state index in [0.717, 1.165) is 12.1 Å². The third-order valence-corrected chi connectivity index (χ3v) is 2.93. The molecular weight excluding hydrogens is 283 g/mol. The van der Waals surface area contributed by atoms with Gasteiger partial charge in [0.25, 0.3) is 0 Å². The molecule has 0 radical (unpaired) electrons. The van der Waals surface area contributed by atoms with E-state index in [4.69, 9.17) is 17.3 Å². The summed E-state index contributed by atoms with van der Waals surface area (Å²) in [4.78, 5) is 0. The lowest BCUT2D eigenvalue weighted by atomic mass is 9.82. The maximum atomic E-state index is 13.7. The Balaban J connectivity index is 0.00000289. The van der Waals surface area contributed by atoms with E-state index in [9.17, 15) is 13.9 Å². The Hall–Kier alpha value is -0.420. The normalized spacial score (nSPS) is 14.9. The zero-order valence-corrected chi connectivity index (χ0v) is 11.9. The van der Waals surface area contributed by atoms with Crippen LogP contribution in [0.1, 0.15) is 32.4 Å². The Kier molecular flexibility index (Phi) is 6.01. The second-order valence-electron chi connectivity index (χ2n) is 5.09. The van der Waals surface area contributed by atoms with E-state index in [2.05, 4.69) is 0 Å². The summed E-state index contributed by atoms with van der Waals surface area (Å²) >= 11 is 5.57. The number of halogens is 4. The minimum atomic E-state index is -1.16. The van der Waals surface area contributed by atoms with Crippen LogP contribution in [0.15, 0.2) is 12.1 Å². The fourth-order valence-corrected chi connectivity index (χ4v) is 1.71. The minimum Gasteiger partial charge on any atom is -0.391 e. The van der Waals surface area contributed by atoms with Crippen LogP contribution in [0.4, 0.5) is 8.78 Å². The number of hydrogen-bond acceptors (Lipinski definition) is 2. The third-order valence-electron chi connectivity index (χ3n) is 2.64. The molecule has 1 rings (SSSR count). The maximum Gasteiger partial charge on any atom is 0.149 e. The van der Waals surface area contributed by atoms with Gasteiger partial charge in [-0.15, -0.1) is 12.4 Å². The first-order valence-electron chi connectivity index (χ1n) is 5.23. The van der Waals surface area contributed by atoms with Gasteiger partial charge < -0.3 is 10.8 Å². The summed E-state index contributed by atoms with van der Waals surface area (Å²) in [5, 5.41) is 9.74. The van der Waals surface area contributed by atoms with Gasteiger partial charge in [-0.2, -0.15) is 0 Å². The average molecular weight is 300 g/mol. The summed E-state index contributed by atoms with van der Waals surface area (Å²) in [5.74, 6) is -1.72. The topological polar surface area (TPSA) is 46.2 Å². The van der Waals surface area contributed by atoms with Crippen molar-refractivity contribution in [3.8, 4) is 0 Å². The predicted octanol–water partition coefficient (Wildman–Crippen LogP) is 3.45. The number of benzene rings is 1. The fourth-order valence-electron chi connectivity index (χ4n) is 1.54. The Morgan fingerprint density at radius 1 is 1.28 bits per heavy atom. The van der Waals surface area contributed by atoms with Crippen molar-refractivity contribution in [3.05, 3.63) is 34.4 Å². The van der Waals surface area contributed by atoms with Crippen LogP contribution in [0, 0.1) is 17.0 Å². The second-order valence-corrected chi connectivity index (χ2v) is 5.50. The smallest absolute Gasteiger partial charge is 0.149 e. The van der Waals surface area contributed by atoms with Gasteiger partial charge in [-0.1, -0.05) is 32.4 Å². The van der Waals surface area contributed by atoms with Crippen LogP contribution < -0.4 is 5.73 Å². The largest absolute Gasteiger partial charge is 0.391 e. The van der Waals surface area contributed by atoms with E-state index in [1.54, 1.807) is 20.8 Å². The van der Waals surface area contributed by atoms with Crippen molar-refractivity contribution >= 4 is 24.0 Å². The molecule has 0 unspecified atom stereocenters. The van der Waals surface area contributed by atoms with Crippen molar-refractivity contribution in [2.24, 2.45) is 11.1 Å². The average Bonchev–Trinajstić information content (AvgIpc) is 2.21. The first kappa shape index (κ1) is 17.6. The fraction of sp³-hybridized carbons (Fsp3) is 0.500. The Morgan fingerprint density at radius 3 is 2.22 bits per heavy atom. The summed E-state index contributed by atoms with van der Waals surface area (Å²) in [6.07, 6.45) is -1.08. The molecule has 0 aliphatic rings. The van der Waals surface area contributed by atoms with Crippen LogP contribution in [0.5, 0.6) is 0 Å². The number of rotatable bonds is 2. The van der Waals surface area contributed by atoms with Gasteiger partial charge >= 0.3 is 0 Å². The Labute approximate surface area is 117 Å². The van der Waals surface area contributed by atoms with Crippen LogP contribution in [0.3, 0.4) is 0 Å². The highest BCUT2D eigenvalue weighted by atomic mass is 35.5. The molecule has 0 heterocycles. The van der Waals surface area contributed by atoms with Crippen molar-refractivity contribution in [2.75, 3.05) is 0 Å². The molecule has 18 heavy (non-hydrogen) atoms. The van der Waals surface area contributed by atoms with Crippen molar-refractivity contribution in [3.63, 3.8) is 0 Å². The van der Waals surface area contributed by atoms with Gasteiger partial charge in [-0.25, -0.2) is 8.78 Å². The molecule has 0 fully saturated rings. The van der Waals surface area contributed by atoms with Gasteiger partial charge in [0.15, 0.2) is 0 Å². The predicted molar refractivity (Wildman–Crippen MR) is 71.0 cm³/mol. The highest BCUT2D eigenvalue weighted by Crippen LogP contribution is 2.33. The van der Waals surface area contributed by atoms with Crippen molar-refractivity contribution in [2.45, 2.75) is 32.9 Å². The number of aliphatic hydroxyl groups excluding tert-OH is 1. The number of aliphatic hydroxyl groups is 1. The van der Waals surface area contributed by atoms with Gasteiger partial charge in [0.1, 0.15) is 11.6 Å². The zero-order valence-electron chi connectivity index (χ0n) is 10.4. The molecule has 0 saturated heterocycles. The summed E-state index contributed by atoms with van der Waals surface area (Å²) in [6, 6.07) is 0.996. The molecule has 0 aliphatic heterocycles. The third kappa shape index (κ3) is 3.54. The van der Waals surface area contributed by atoms with E-state index >= 15 is 0 Å². The van der Waals surface area contributed by atoms with Crippen molar-refractivity contribution in [1.82, 2.24) is 0 Å². The highest BCUT2D eigenvalue weighted by Gasteiger charge is 2.32. The van der Waals surface area contributed by atoms with Gasteiger partial charge in [-0.05, 0) is 17.5 Å². The Bertz CT molecular complexity index is 421. The molecule has 0 spiro atoms. The molecule has 3 N–H and O–H groups in total. The maximum absolute atomic E-state index is 13.7. The van der Waals surface area contributed by atoms with Crippen molar-refractivity contribution in [1.29, 1.82) is 0 Å². The molecule has 104 valence electrons. The lowest BCUT2D eigenvalue weighted by Crippen LogP contribution is -2.38. The zero-order chi connectivity index (χ0) is 13.4.